The van der Waals surface area contributed by atoms with Crippen LogP contribution in [0.5, 0.6) is 0 Å². The number of hydrogen-bond donors (Lipinski definition) is 2. The van der Waals surface area contributed by atoms with Crippen LogP contribution >= 0.6 is 24.0 Å². The number of carbonyl (C=O) groups is 1. The first-order valence-corrected chi connectivity index (χ1v) is 9.97. The highest BCUT2D eigenvalue weighted by atomic mass is 127. The SMILES string of the molecule is CCOC(=O)C1CCC(NC(=NC)NCC2(c3ccccc3F)CC2)CC1.I. The number of guanidine groups is 1. The van der Waals surface area contributed by atoms with Gasteiger partial charge < -0.3 is 15.4 Å². The molecular weight excluding hydrogens is 472 g/mol. The van der Waals surface area contributed by atoms with Gasteiger partial charge in [0.1, 0.15) is 5.82 Å². The molecule has 2 saturated carbocycles. The summed E-state index contributed by atoms with van der Waals surface area (Å²) in [6.45, 7) is 2.96. The van der Waals surface area contributed by atoms with Gasteiger partial charge in [-0.3, -0.25) is 9.79 Å². The van der Waals surface area contributed by atoms with Crippen LogP contribution in [-0.2, 0) is 14.9 Å². The summed E-state index contributed by atoms with van der Waals surface area (Å²) < 4.78 is 19.3. The van der Waals surface area contributed by atoms with Crippen LogP contribution in [0.2, 0.25) is 0 Å². The number of benzene rings is 1. The molecule has 2 fully saturated rings. The molecule has 3 rings (SSSR count). The third kappa shape index (κ3) is 5.58. The molecule has 0 heterocycles. The highest BCUT2D eigenvalue weighted by Gasteiger charge is 2.45. The minimum Gasteiger partial charge on any atom is -0.466 e. The van der Waals surface area contributed by atoms with Gasteiger partial charge >= 0.3 is 5.97 Å². The van der Waals surface area contributed by atoms with Gasteiger partial charge in [0.15, 0.2) is 5.96 Å². The Labute approximate surface area is 183 Å². The fraction of sp³-hybridized carbons (Fsp3) is 0.619. The van der Waals surface area contributed by atoms with E-state index in [0.717, 1.165) is 50.0 Å². The highest BCUT2D eigenvalue weighted by Crippen LogP contribution is 2.48. The van der Waals surface area contributed by atoms with Gasteiger partial charge in [0.2, 0.25) is 0 Å². The van der Waals surface area contributed by atoms with Crippen molar-refractivity contribution in [3.63, 3.8) is 0 Å². The first-order valence-electron chi connectivity index (χ1n) is 9.97. The molecule has 0 atom stereocenters. The first kappa shape index (κ1) is 22.9. The van der Waals surface area contributed by atoms with Crippen molar-refractivity contribution in [1.29, 1.82) is 0 Å². The van der Waals surface area contributed by atoms with Gasteiger partial charge in [0, 0.05) is 25.0 Å². The lowest BCUT2D eigenvalue weighted by atomic mass is 9.86. The Morgan fingerprint density at radius 1 is 1.25 bits per heavy atom. The molecule has 0 bridgehead atoms. The van der Waals surface area contributed by atoms with Crippen LogP contribution in [0.3, 0.4) is 0 Å². The summed E-state index contributed by atoms with van der Waals surface area (Å²) >= 11 is 0. The monoisotopic (exact) mass is 503 g/mol. The summed E-state index contributed by atoms with van der Waals surface area (Å²) in [7, 11) is 1.75. The van der Waals surface area contributed by atoms with Crippen molar-refractivity contribution < 1.29 is 13.9 Å². The maximum atomic E-state index is 14.1. The zero-order valence-corrected chi connectivity index (χ0v) is 19.0. The summed E-state index contributed by atoms with van der Waals surface area (Å²) in [5.41, 5.74) is 0.674. The molecule has 0 spiro atoms. The van der Waals surface area contributed by atoms with E-state index in [2.05, 4.69) is 15.6 Å². The molecule has 7 heteroatoms. The summed E-state index contributed by atoms with van der Waals surface area (Å²) in [5, 5.41) is 6.84. The van der Waals surface area contributed by atoms with E-state index in [9.17, 15) is 9.18 Å². The second-order valence-electron chi connectivity index (χ2n) is 7.63. The van der Waals surface area contributed by atoms with Crippen molar-refractivity contribution in [2.75, 3.05) is 20.2 Å². The molecule has 1 aromatic carbocycles. The zero-order chi connectivity index (χ0) is 19.3. The van der Waals surface area contributed by atoms with Gasteiger partial charge in [0.05, 0.1) is 12.5 Å². The molecule has 2 aliphatic carbocycles. The number of aliphatic imine (C=N–C) groups is 1. The number of carbonyl (C=O) groups excluding carboxylic acids is 1. The molecule has 0 aromatic heterocycles. The quantitative estimate of drug-likeness (QED) is 0.269. The third-order valence-corrected chi connectivity index (χ3v) is 5.80. The first-order chi connectivity index (χ1) is 13.1. The van der Waals surface area contributed by atoms with Crippen molar-refractivity contribution >= 4 is 35.9 Å². The van der Waals surface area contributed by atoms with E-state index in [1.807, 2.05) is 19.1 Å². The summed E-state index contributed by atoms with van der Waals surface area (Å²) in [6.07, 6.45) is 5.50. The molecule has 2 aliphatic rings. The van der Waals surface area contributed by atoms with E-state index in [4.69, 9.17) is 4.74 Å². The molecule has 0 amide bonds. The Morgan fingerprint density at radius 3 is 2.50 bits per heavy atom. The van der Waals surface area contributed by atoms with Gasteiger partial charge in [-0.25, -0.2) is 4.39 Å². The Bertz CT molecular complexity index is 686. The minimum atomic E-state index is -0.128. The summed E-state index contributed by atoms with van der Waals surface area (Å²) in [6, 6.07) is 7.34. The molecule has 5 nitrogen and oxygen atoms in total. The molecule has 156 valence electrons. The standard InChI is InChI=1S/C21H30FN3O2.HI/c1-3-27-19(26)15-8-10-16(11-9-15)25-20(23-2)24-14-21(12-13-21)17-6-4-5-7-18(17)22;/h4-7,15-16H,3,8-14H2,1-2H3,(H2,23,24,25);1H. The van der Waals surface area contributed by atoms with Crippen LogP contribution in [0.1, 0.15) is 51.0 Å². The highest BCUT2D eigenvalue weighted by molar-refractivity contribution is 14.0. The van der Waals surface area contributed by atoms with Gasteiger partial charge in [0.25, 0.3) is 0 Å². The molecule has 2 N–H and O–H groups in total. The lowest BCUT2D eigenvalue weighted by molar-refractivity contribution is -0.149. The summed E-state index contributed by atoms with van der Waals surface area (Å²) in [5.74, 6) is 0.571. The van der Waals surface area contributed by atoms with E-state index in [1.54, 1.807) is 13.1 Å². The number of ether oxygens (including phenoxy) is 1. The van der Waals surface area contributed by atoms with E-state index >= 15 is 0 Å². The van der Waals surface area contributed by atoms with Crippen LogP contribution in [0.25, 0.3) is 0 Å². The van der Waals surface area contributed by atoms with Crippen LogP contribution in [0.4, 0.5) is 4.39 Å². The van der Waals surface area contributed by atoms with Crippen molar-refractivity contribution in [1.82, 2.24) is 10.6 Å². The van der Waals surface area contributed by atoms with Crippen molar-refractivity contribution in [2.45, 2.75) is 56.9 Å². The smallest absolute Gasteiger partial charge is 0.308 e. The van der Waals surface area contributed by atoms with Gasteiger partial charge in [-0.1, -0.05) is 18.2 Å². The van der Waals surface area contributed by atoms with Crippen LogP contribution < -0.4 is 10.6 Å². The van der Waals surface area contributed by atoms with Crippen molar-refractivity contribution in [3.8, 4) is 0 Å². The van der Waals surface area contributed by atoms with E-state index in [0.29, 0.717) is 19.2 Å². The van der Waals surface area contributed by atoms with E-state index in [-0.39, 0.29) is 47.1 Å². The lowest BCUT2D eigenvalue weighted by Gasteiger charge is -2.29. The molecule has 0 saturated heterocycles. The predicted molar refractivity (Wildman–Crippen MR) is 120 cm³/mol. The largest absolute Gasteiger partial charge is 0.466 e. The predicted octanol–water partition coefficient (Wildman–Crippen LogP) is 3.76. The number of hydrogen-bond acceptors (Lipinski definition) is 3. The summed E-state index contributed by atoms with van der Waals surface area (Å²) in [4.78, 5) is 16.2. The fourth-order valence-electron chi connectivity index (χ4n) is 3.96. The van der Waals surface area contributed by atoms with Crippen LogP contribution in [-0.4, -0.2) is 38.2 Å². The molecule has 0 aliphatic heterocycles. The lowest BCUT2D eigenvalue weighted by Crippen LogP contribution is -2.47. The van der Waals surface area contributed by atoms with E-state index < -0.39 is 0 Å². The normalized spacial score (nSPS) is 23.3. The fourth-order valence-corrected chi connectivity index (χ4v) is 3.96. The zero-order valence-electron chi connectivity index (χ0n) is 16.7. The van der Waals surface area contributed by atoms with Crippen molar-refractivity contribution in [2.24, 2.45) is 10.9 Å². The molecule has 0 unspecified atom stereocenters. The topological polar surface area (TPSA) is 62.7 Å². The molecule has 0 radical (unpaired) electrons. The van der Waals surface area contributed by atoms with Crippen molar-refractivity contribution in [3.05, 3.63) is 35.6 Å². The number of nitrogens with zero attached hydrogens (tertiary/aromatic N) is 1. The average Bonchev–Trinajstić information content (AvgIpc) is 3.47. The minimum absolute atomic E-state index is 0. The second kappa shape index (κ2) is 10.4. The maximum Gasteiger partial charge on any atom is 0.308 e. The van der Waals surface area contributed by atoms with E-state index in [1.165, 1.54) is 6.07 Å². The van der Waals surface area contributed by atoms with Gasteiger partial charge in [-0.15, -0.1) is 24.0 Å². The Morgan fingerprint density at radius 2 is 1.93 bits per heavy atom. The number of rotatable bonds is 6. The molecular formula is C21H31FIN3O2. The molecule has 1 aromatic rings. The molecule has 28 heavy (non-hydrogen) atoms. The number of esters is 1. The van der Waals surface area contributed by atoms with Crippen LogP contribution in [0.15, 0.2) is 29.3 Å². The van der Waals surface area contributed by atoms with Gasteiger partial charge in [-0.2, -0.15) is 0 Å². The van der Waals surface area contributed by atoms with Gasteiger partial charge in [-0.05, 0) is 57.1 Å². The maximum absolute atomic E-state index is 14.1. The Balaban J connectivity index is 0.00000280. The average molecular weight is 503 g/mol. The third-order valence-electron chi connectivity index (χ3n) is 5.80. The van der Waals surface area contributed by atoms with Crippen LogP contribution in [0, 0.1) is 11.7 Å². The second-order valence-corrected chi connectivity index (χ2v) is 7.63. The Kier molecular flexibility index (Phi) is 8.52. The number of halogens is 2. The Hall–Kier alpha value is -1.38. The number of nitrogens with one attached hydrogen (secondary N) is 2.